The van der Waals surface area contributed by atoms with Crippen LogP contribution in [0.4, 0.5) is 0 Å². The van der Waals surface area contributed by atoms with E-state index >= 15 is 0 Å². The molecule has 0 aromatic rings. The standard InChI is InChI=1S/C15H26O7S.C11H23NO6S/c1-2-10(17)5-3-7-23-8-4-6-21-15-14(20)13(19)12(18)11(9-16)22-15;12-2-5-19-4-1-3-17-11-10(16)9(15)8(14)7(6-13)18-11/h2,11-16,18-20H,1,3-9H2;7-11,13-16H,1-6,12H2/t11?,12-,13+,14?,15+;7?,8-,9+,10?,11+/m11/s1. The Morgan fingerprint density at radius 2 is 1.14 bits per heavy atom. The van der Waals surface area contributed by atoms with Crippen molar-refractivity contribution in [2.75, 3.05) is 56.0 Å². The number of aliphatic hydroxyl groups is 8. The Balaban J connectivity index is 0.000000428. The Morgan fingerprint density at radius 3 is 1.55 bits per heavy atom. The molecule has 2 heterocycles. The molecule has 248 valence electrons. The molecule has 0 saturated carbocycles. The van der Waals surface area contributed by atoms with Crippen LogP contribution in [0.15, 0.2) is 12.7 Å². The van der Waals surface area contributed by atoms with Crippen molar-refractivity contribution in [3.63, 3.8) is 0 Å². The van der Waals surface area contributed by atoms with Gasteiger partial charge in [-0.05, 0) is 42.6 Å². The number of thioether (sulfide) groups is 2. The van der Waals surface area contributed by atoms with Crippen molar-refractivity contribution in [2.45, 2.75) is 87.1 Å². The molecular weight excluding hydrogens is 598 g/mol. The third-order valence-electron chi connectivity index (χ3n) is 6.33. The molecule has 16 heteroatoms. The summed E-state index contributed by atoms with van der Waals surface area (Å²) in [5, 5.41) is 75.9. The Bertz CT molecular complexity index is 724. The lowest BCUT2D eigenvalue weighted by atomic mass is 9.99. The number of carbonyl (C=O) groups is 1. The van der Waals surface area contributed by atoms with Crippen LogP contribution in [-0.2, 0) is 23.7 Å². The maximum absolute atomic E-state index is 11.0. The van der Waals surface area contributed by atoms with Gasteiger partial charge in [-0.3, -0.25) is 4.79 Å². The molecule has 10 atom stereocenters. The maximum Gasteiger partial charge on any atom is 0.186 e. The van der Waals surface area contributed by atoms with E-state index in [1.165, 1.54) is 6.08 Å². The van der Waals surface area contributed by atoms with Crippen molar-refractivity contribution < 1.29 is 64.6 Å². The van der Waals surface area contributed by atoms with Gasteiger partial charge in [0, 0.05) is 18.7 Å². The van der Waals surface area contributed by atoms with Crippen LogP contribution in [0, 0.1) is 0 Å². The molecule has 0 radical (unpaired) electrons. The topological polar surface area (TPSA) is 242 Å². The average Bonchev–Trinajstić information content (AvgIpc) is 3.00. The number of ether oxygens (including phenoxy) is 4. The second kappa shape index (κ2) is 23.0. The van der Waals surface area contributed by atoms with E-state index in [2.05, 4.69) is 6.58 Å². The summed E-state index contributed by atoms with van der Waals surface area (Å²) in [5.74, 6) is 3.53. The van der Waals surface area contributed by atoms with Crippen molar-refractivity contribution in [2.24, 2.45) is 5.73 Å². The van der Waals surface area contributed by atoms with E-state index in [9.17, 15) is 35.4 Å². The van der Waals surface area contributed by atoms with Crippen molar-refractivity contribution in [3.05, 3.63) is 12.7 Å². The Morgan fingerprint density at radius 1 is 0.714 bits per heavy atom. The maximum atomic E-state index is 11.0. The second-order valence-corrected chi connectivity index (χ2v) is 12.1. The van der Waals surface area contributed by atoms with Gasteiger partial charge in [-0.2, -0.15) is 23.5 Å². The first kappa shape index (κ1) is 39.6. The van der Waals surface area contributed by atoms with E-state index in [1.807, 2.05) is 0 Å². The molecule has 0 aromatic heterocycles. The van der Waals surface area contributed by atoms with E-state index in [4.69, 9.17) is 34.9 Å². The van der Waals surface area contributed by atoms with E-state index < -0.39 is 74.6 Å². The largest absolute Gasteiger partial charge is 0.394 e. The molecule has 2 fully saturated rings. The molecule has 0 amide bonds. The van der Waals surface area contributed by atoms with Gasteiger partial charge in [0.25, 0.3) is 0 Å². The summed E-state index contributed by atoms with van der Waals surface area (Å²) in [6.45, 7) is 3.82. The monoisotopic (exact) mass is 647 g/mol. The molecule has 2 saturated heterocycles. The zero-order valence-electron chi connectivity index (χ0n) is 23.8. The van der Waals surface area contributed by atoms with Gasteiger partial charge >= 0.3 is 0 Å². The zero-order chi connectivity index (χ0) is 31.5. The van der Waals surface area contributed by atoms with Crippen LogP contribution in [0.25, 0.3) is 0 Å². The third-order valence-corrected chi connectivity index (χ3v) is 8.59. The lowest BCUT2D eigenvalue weighted by molar-refractivity contribution is -0.300. The highest BCUT2D eigenvalue weighted by Crippen LogP contribution is 2.23. The highest BCUT2D eigenvalue weighted by Gasteiger charge is 2.44. The Labute approximate surface area is 255 Å². The minimum absolute atomic E-state index is 0.0524. The Hall–Kier alpha value is -0.410. The minimum Gasteiger partial charge on any atom is -0.394 e. The lowest BCUT2D eigenvalue weighted by Gasteiger charge is -2.39. The summed E-state index contributed by atoms with van der Waals surface area (Å²) < 4.78 is 21.1. The summed E-state index contributed by atoms with van der Waals surface area (Å²) >= 11 is 3.41. The number of hydrogen-bond donors (Lipinski definition) is 9. The van der Waals surface area contributed by atoms with Crippen molar-refractivity contribution in [3.8, 4) is 0 Å². The van der Waals surface area contributed by atoms with Crippen LogP contribution in [0.3, 0.4) is 0 Å². The molecule has 2 rings (SSSR count). The first-order valence-electron chi connectivity index (χ1n) is 14.0. The highest BCUT2D eigenvalue weighted by molar-refractivity contribution is 7.99. The second-order valence-electron chi connectivity index (χ2n) is 9.63. The van der Waals surface area contributed by atoms with Gasteiger partial charge in [0.15, 0.2) is 18.4 Å². The molecule has 0 bridgehead atoms. The molecule has 0 aromatic carbocycles. The van der Waals surface area contributed by atoms with Crippen LogP contribution in [0.1, 0.15) is 25.7 Å². The summed E-state index contributed by atoms with van der Waals surface area (Å²) in [7, 11) is 0. The predicted octanol–water partition coefficient (Wildman–Crippen LogP) is -2.65. The molecule has 2 aliphatic heterocycles. The summed E-state index contributed by atoms with van der Waals surface area (Å²) in [6, 6.07) is 0. The van der Waals surface area contributed by atoms with Gasteiger partial charge in [-0.25, -0.2) is 0 Å². The van der Waals surface area contributed by atoms with E-state index in [-0.39, 0.29) is 5.78 Å². The van der Waals surface area contributed by atoms with Crippen LogP contribution in [0.2, 0.25) is 0 Å². The van der Waals surface area contributed by atoms with Crippen molar-refractivity contribution in [1.82, 2.24) is 0 Å². The Kier molecular flexibility index (Phi) is 21.7. The minimum atomic E-state index is -1.41. The lowest BCUT2D eigenvalue weighted by Crippen LogP contribution is -2.59. The van der Waals surface area contributed by atoms with Gasteiger partial charge in [0.2, 0.25) is 0 Å². The smallest absolute Gasteiger partial charge is 0.186 e. The summed E-state index contributed by atoms with van der Waals surface area (Å²) in [6.07, 6.45) is -8.04. The number of rotatable bonds is 19. The number of nitrogens with two attached hydrogens (primary N) is 1. The first-order valence-corrected chi connectivity index (χ1v) is 16.3. The SMILES string of the molecule is C=CC(=O)CCCSCCCO[C@H]1OC(CO)[C@@H](O)[C@H](O)C1O.NCCSCCCO[C@H]1OC(CO)[C@@H](O)[C@H](O)C1O. The average molecular weight is 648 g/mol. The van der Waals surface area contributed by atoms with Gasteiger partial charge in [-0.15, -0.1) is 0 Å². The quantitative estimate of drug-likeness (QED) is 0.0513. The van der Waals surface area contributed by atoms with Crippen LogP contribution in [-0.4, -0.2) is 164 Å². The van der Waals surface area contributed by atoms with Crippen molar-refractivity contribution in [1.29, 1.82) is 0 Å². The first-order chi connectivity index (χ1) is 20.1. The number of hydrogen-bond acceptors (Lipinski definition) is 16. The summed E-state index contributed by atoms with van der Waals surface area (Å²) in [5.41, 5.74) is 5.36. The fourth-order valence-electron chi connectivity index (χ4n) is 3.87. The zero-order valence-corrected chi connectivity index (χ0v) is 25.4. The molecule has 0 aliphatic carbocycles. The van der Waals surface area contributed by atoms with Crippen molar-refractivity contribution >= 4 is 29.3 Å². The van der Waals surface area contributed by atoms with Gasteiger partial charge < -0.3 is 65.5 Å². The third kappa shape index (κ3) is 14.1. The molecule has 14 nitrogen and oxygen atoms in total. The number of ketones is 1. The van der Waals surface area contributed by atoms with Crippen LogP contribution >= 0.6 is 23.5 Å². The number of aliphatic hydroxyl groups excluding tert-OH is 8. The highest BCUT2D eigenvalue weighted by atomic mass is 32.2. The van der Waals surface area contributed by atoms with E-state index in [0.29, 0.717) is 26.2 Å². The molecule has 4 unspecified atom stereocenters. The van der Waals surface area contributed by atoms with Gasteiger partial charge in [-0.1, -0.05) is 6.58 Å². The molecule has 42 heavy (non-hydrogen) atoms. The number of carbonyl (C=O) groups excluding carboxylic acids is 1. The number of allylic oxidation sites excluding steroid dienone is 1. The predicted molar refractivity (Wildman–Crippen MR) is 157 cm³/mol. The van der Waals surface area contributed by atoms with Crippen LogP contribution in [0.5, 0.6) is 0 Å². The fourth-order valence-corrected chi connectivity index (χ4v) is 5.44. The fraction of sp³-hybridized carbons (Fsp3) is 0.885. The van der Waals surface area contributed by atoms with E-state index in [0.717, 1.165) is 42.3 Å². The normalized spacial score (nSPS) is 33.1. The molecule has 2 aliphatic rings. The molecule has 0 spiro atoms. The van der Waals surface area contributed by atoms with Crippen LogP contribution < -0.4 is 5.73 Å². The molecule has 10 N–H and O–H groups in total. The van der Waals surface area contributed by atoms with E-state index in [1.54, 1.807) is 23.5 Å². The molecular formula is C26H49NO13S2. The summed E-state index contributed by atoms with van der Waals surface area (Å²) in [4.78, 5) is 11.0. The van der Waals surface area contributed by atoms with Gasteiger partial charge in [0.1, 0.15) is 48.8 Å². The van der Waals surface area contributed by atoms with Gasteiger partial charge in [0.05, 0.1) is 26.4 Å².